The fourth-order valence-electron chi connectivity index (χ4n) is 2.67. The van der Waals surface area contributed by atoms with Gasteiger partial charge < -0.3 is 5.11 Å². The highest BCUT2D eigenvalue weighted by Crippen LogP contribution is 2.41. The van der Waals surface area contributed by atoms with Crippen LogP contribution in [0, 0.1) is 11.8 Å². The van der Waals surface area contributed by atoms with E-state index in [1.54, 1.807) is 24.3 Å². The van der Waals surface area contributed by atoms with E-state index in [-0.39, 0.29) is 11.0 Å². The number of thioether (sulfide) groups is 1. The van der Waals surface area contributed by atoms with Crippen LogP contribution in [0.4, 0.5) is 0 Å². The van der Waals surface area contributed by atoms with Gasteiger partial charge in [-0.2, -0.15) is 0 Å². The molecule has 0 bridgehead atoms. The maximum Gasteiger partial charge on any atom is 0.335 e. The average Bonchev–Trinajstić information content (AvgIpc) is 2.53. The second-order valence-electron chi connectivity index (χ2n) is 6.33. The van der Waals surface area contributed by atoms with Crippen LogP contribution in [0.25, 0.3) is 0 Å². The van der Waals surface area contributed by atoms with Crippen molar-refractivity contribution in [1.29, 1.82) is 0 Å². The average molecular weight is 322 g/mol. The standard InChI is InChI=1S/C20H18O2S/c1-20(2)11-12-23-18-13-15(7-10-17(18)20)4-3-14-5-8-16(9-6-14)19(21)22/h5-10,13H,11-12H2,1-2H3,(H,21,22). The Bertz CT molecular complexity index is 808. The summed E-state index contributed by atoms with van der Waals surface area (Å²) in [6, 6.07) is 13.1. The van der Waals surface area contributed by atoms with E-state index in [4.69, 9.17) is 5.11 Å². The Morgan fingerprint density at radius 3 is 2.43 bits per heavy atom. The number of rotatable bonds is 1. The molecule has 3 heteroatoms. The zero-order valence-electron chi connectivity index (χ0n) is 13.2. The highest BCUT2D eigenvalue weighted by molar-refractivity contribution is 7.99. The molecule has 0 saturated carbocycles. The molecule has 0 spiro atoms. The Morgan fingerprint density at radius 1 is 1.09 bits per heavy atom. The smallest absolute Gasteiger partial charge is 0.335 e. The molecule has 2 nitrogen and oxygen atoms in total. The first kappa shape index (κ1) is 15.7. The number of hydrogen-bond donors (Lipinski definition) is 1. The van der Waals surface area contributed by atoms with E-state index in [1.165, 1.54) is 16.9 Å². The van der Waals surface area contributed by atoms with Gasteiger partial charge in [0, 0.05) is 16.0 Å². The van der Waals surface area contributed by atoms with Crippen LogP contribution in [0.1, 0.15) is 47.3 Å². The van der Waals surface area contributed by atoms with Crippen molar-refractivity contribution in [1.82, 2.24) is 0 Å². The zero-order valence-corrected chi connectivity index (χ0v) is 14.0. The Kier molecular flexibility index (Phi) is 4.19. The summed E-state index contributed by atoms with van der Waals surface area (Å²) in [7, 11) is 0. The van der Waals surface area contributed by atoms with E-state index >= 15 is 0 Å². The summed E-state index contributed by atoms with van der Waals surface area (Å²) in [4.78, 5) is 12.2. The van der Waals surface area contributed by atoms with Crippen LogP contribution in [-0.2, 0) is 5.41 Å². The number of hydrogen-bond acceptors (Lipinski definition) is 2. The van der Waals surface area contributed by atoms with E-state index in [0.29, 0.717) is 0 Å². The zero-order chi connectivity index (χ0) is 16.4. The Morgan fingerprint density at radius 2 is 1.74 bits per heavy atom. The number of fused-ring (bicyclic) bond motifs is 1. The lowest BCUT2D eigenvalue weighted by Crippen LogP contribution is -2.22. The van der Waals surface area contributed by atoms with Gasteiger partial charge in [-0.1, -0.05) is 31.8 Å². The van der Waals surface area contributed by atoms with Crippen LogP contribution < -0.4 is 0 Å². The van der Waals surface area contributed by atoms with Crippen LogP contribution in [0.15, 0.2) is 47.4 Å². The normalized spacial score (nSPS) is 15.2. The number of carboxylic acid groups (broad SMARTS) is 1. The lowest BCUT2D eigenvalue weighted by Gasteiger charge is -2.32. The molecular weight excluding hydrogens is 304 g/mol. The lowest BCUT2D eigenvalue weighted by molar-refractivity contribution is 0.0697. The van der Waals surface area contributed by atoms with Gasteiger partial charge in [-0.15, -0.1) is 11.8 Å². The first-order valence-electron chi connectivity index (χ1n) is 7.58. The van der Waals surface area contributed by atoms with Crippen LogP contribution in [0.5, 0.6) is 0 Å². The third kappa shape index (κ3) is 3.43. The van der Waals surface area contributed by atoms with Gasteiger partial charge in [0.15, 0.2) is 0 Å². The lowest BCUT2D eigenvalue weighted by atomic mass is 9.81. The number of carbonyl (C=O) groups is 1. The predicted molar refractivity (Wildman–Crippen MR) is 94.2 cm³/mol. The molecule has 0 fully saturated rings. The van der Waals surface area contributed by atoms with Crippen molar-refractivity contribution >= 4 is 17.7 Å². The molecule has 0 saturated heterocycles. The Hall–Kier alpha value is -2.18. The maximum atomic E-state index is 10.8. The van der Waals surface area contributed by atoms with Crippen molar-refractivity contribution in [3.8, 4) is 11.8 Å². The quantitative estimate of drug-likeness (QED) is 0.782. The van der Waals surface area contributed by atoms with Crippen LogP contribution in [-0.4, -0.2) is 16.8 Å². The molecule has 0 aromatic heterocycles. The van der Waals surface area contributed by atoms with Gasteiger partial charge in [-0.3, -0.25) is 0 Å². The molecule has 0 atom stereocenters. The minimum absolute atomic E-state index is 0.235. The molecule has 1 heterocycles. The van der Waals surface area contributed by atoms with Crippen molar-refractivity contribution in [2.75, 3.05) is 5.75 Å². The summed E-state index contributed by atoms with van der Waals surface area (Å²) < 4.78 is 0. The van der Waals surface area contributed by atoms with Crippen LogP contribution >= 0.6 is 11.8 Å². The first-order valence-corrected chi connectivity index (χ1v) is 8.57. The van der Waals surface area contributed by atoms with Crippen LogP contribution in [0.2, 0.25) is 0 Å². The summed E-state index contributed by atoms with van der Waals surface area (Å²) in [5, 5.41) is 8.90. The fraction of sp³-hybridized carbons (Fsp3) is 0.250. The highest BCUT2D eigenvalue weighted by Gasteiger charge is 2.27. The van der Waals surface area contributed by atoms with Gasteiger partial charge in [-0.05, 0) is 59.6 Å². The minimum atomic E-state index is -0.918. The summed E-state index contributed by atoms with van der Waals surface area (Å²) in [6.45, 7) is 4.59. The third-order valence-electron chi connectivity index (χ3n) is 4.18. The molecule has 23 heavy (non-hydrogen) atoms. The molecule has 1 N–H and O–H groups in total. The van der Waals surface area contributed by atoms with Crippen molar-refractivity contribution in [2.24, 2.45) is 0 Å². The summed E-state index contributed by atoms with van der Waals surface area (Å²) in [6.07, 6.45) is 1.20. The topological polar surface area (TPSA) is 37.3 Å². The second-order valence-corrected chi connectivity index (χ2v) is 7.46. The molecule has 0 amide bonds. The molecule has 0 unspecified atom stereocenters. The van der Waals surface area contributed by atoms with Crippen molar-refractivity contribution in [3.63, 3.8) is 0 Å². The Balaban J connectivity index is 1.86. The molecule has 116 valence electrons. The molecular formula is C20H18O2S. The first-order chi connectivity index (χ1) is 11.0. The maximum absolute atomic E-state index is 10.8. The van der Waals surface area contributed by atoms with E-state index in [1.807, 2.05) is 11.8 Å². The summed E-state index contributed by atoms with van der Waals surface area (Å²) in [5.74, 6) is 6.51. The predicted octanol–water partition coefficient (Wildman–Crippen LogP) is 4.56. The molecule has 3 rings (SSSR count). The Labute approximate surface area is 140 Å². The molecule has 0 radical (unpaired) electrons. The van der Waals surface area contributed by atoms with Crippen molar-refractivity contribution < 1.29 is 9.90 Å². The van der Waals surface area contributed by atoms with Gasteiger partial charge in [0.2, 0.25) is 0 Å². The number of carboxylic acids is 1. The van der Waals surface area contributed by atoms with Crippen molar-refractivity contribution in [3.05, 3.63) is 64.7 Å². The second kappa shape index (κ2) is 6.14. The van der Waals surface area contributed by atoms with E-state index in [0.717, 1.165) is 16.9 Å². The molecule has 1 aliphatic rings. The molecule has 2 aromatic carbocycles. The van der Waals surface area contributed by atoms with Crippen LogP contribution in [0.3, 0.4) is 0 Å². The number of aromatic carboxylic acids is 1. The minimum Gasteiger partial charge on any atom is -0.478 e. The highest BCUT2D eigenvalue weighted by atomic mass is 32.2. The van der Waals surface area contributed by atoms with E-state index in [9.17, 15) is 4.79 Å². The SMILES string of the molecule is CC1(C)CCSc2cc(C#Cc3ccc(C(=O)O)cc3)ccc21. The van der Waals surface area contributed by atoms with Crippen molar-refractivity contribution in [2.45, 2.75) is 30.6 Å². The van der Waals surface area contributed by atoms with E-state index < -0.39 is 5.97 Å². The summed E-state index contributed by atoms with van der Waals surface area (Å²) >= 11 is 1.90. The summed E-state index contributed by atoms with van der Waals surface area (Å²) in [5.41, 5.74) is 3.74. The van der Waals surface area contributed by atoms with Gasteiger partial charge in [0.25, 0.3) is 0 Å². The third-order valence-corrected chi connectivity index (χ3v) is 5.24. The van der Waals surface area contributed by atoms with Gasteiger partial charge >= 0.3 is 5.97 Å². The molecule has 1 aliphatic heterocycles. The largest absolute Gasteiger partial charge is 0.478 e. The van der Waals surface area contributed by atoms with Gasteiger partial charge in [0.05, 0.1) is 5.56 Å². The van der Waals surface area contributed by atoms with E-state index in [2.05, 4.69) is 43.9 Å². The van der Waals surface area contributed by atoms with Gasteiger partial charge in [0.1, 0.15) is 0 Å². The molecule has 0 aliphatic carbocycles. The number of benzene rings is 2. The van der Waals surface area contributed by atoms with Gasteiger partial charge in [-0.25, -0.2) is 4.79 Å². The monoisotopic (exact) mass is 322 g/mol. The fourth-order valence-corrected chi connectivity index (χ4v) is 4.21. The molecule has 2 aromatic rings.